The predicted octanol–water partition coefficient (Wildman–Crippen LogP) is 13.3. The lowest BCUT2D eigenvalue weighted by Gasteiger charge is -2.22. The van der Waals surface area contributed by atoms with Crippen LogP contribution in [0.25, 0.3) is 105 Å². The first-order chi connectivity index (χ1) is 29.2. The number of fused-ring (bicyclic) bond motifs is 13. The molecule has 0 amide bonds. The molecule has 0 saturated carbocycles. The third-order valence-electron chi connectivity index (χ3n) is 12.5. The van der Waals surface area contributed by atoms with E-state index in [1.807, 2.05) is 0 Å². The molecular formula is C53H36N6. The van der Waals surface area contributed by atoms with Crippen molar-refractivity contribution in [3.63, 3.8) is 0 Å². The molecule has 1 atom stereocenters. The van der Waals surface area contributed by atoms with Crippen LogP contribution in [0, 0.1) is 5.92 Å². The first-order valence-corrected chi connectivity index (χ1v) is 20.4. The Morgan fingerprint density at radius 2 is 0.746 bits per heavy atom. The van der Waals surface area contributed by atoms with Crippen molar-refractivity contribution in [3.8, 4) is 11.6 Å². The summed E-state index contributed by atoms with van der Waals surface area (Å²) in [6.07, 6.45) is 3.19. The van der Waals surface area contributed by atoms with Crippen LogP contribution in [0.2, 0.25) is 0 Å². The molecule has 0 aliphatic carbocycles. The summed E-state index contributed by atoms with van der Waals surface area (Å²) < 4.78 is 9.49. The molecule has 1 aliphatic heterocycles. The first-order valence-electron chi connectivity index (χ1n) is 20.4. The summed E-state index contributed by atoms with van der Waals surface area (Å²) in [7, 11) is 0. The number of allylic oxidation sites excluding steroid dienone is 1. The van der Waals surface area contributed by atoms with Crippen molar-refractivity contribution in [2.45, 2.75) is 13.3 Å². The molecule has 278 valence electrons. The number of pyridine rings is 1. The SMILES string of the molecule is CC1C=C(n2c3ccccc3c3ccc4c5ccccc5n(-c5cccc(-n6c7ccccc7c7ccccc76)n5)c4c32)N=C(n2c3ccccc3c3ccccc32)C1. The number of nitrogens with zero attached hydrogens (tertiary/aromatic N) is 6. The number of rotatable bonds is 3. The van der Waals surface area contributed by atoms with Gasteiger partial charge in [-0.3, -0.25) is 18.3 Å². The maximum absolute atomic E-state index is 5.66. The molecule has 12 aromatic rings. The molecule has 0 bridgehead atoms. The fourth-order valence-electron chi connectivity index (χ4n) is 10.1. The minimum absolute atomic E-state index is 0.253. The van der Waals surface area contributed by atoms with Crippen molar-refractivity contribution in [3.05, 3.63) is 182 Å². The smallest absolute Gasteiger partial charge is 0.140 e. The minimum atomic E-state index is 0.253. The van der Waals surface area contributed by atoms with Gasteiger partial charge in [0.2, 0.25) is 0 Å². The van der Waals surface area contributed by atoms with E-state index in [0.29, 0.717) is 0 Å². The quantitative estimate of drug-likeness (QED) is 0.177. The average molecular weight is 757 g/mol. The summed E-state index contributed by atoms with van der Waals surface area (Å²) in [6, 6.07) is 63.2. The summed E-state index contributed by atoms with van der Waals surface area (Å²) >= 11 is 0. The van der Waals surface area contributed by atoms with E-state index in [1.165, 1.54) is 54.1 Å². The zero-order chi connectivity index (χ0) is 38.8. The van der Waals surface area contributed by atoms with E-state index in [-0.39, 0.29) is 5.92 Å². The molecule has 6 heterocycles. The lowest BCUT2D eigenvalue weighted by molar-refractivity contribution is 0.739. The van der Waals surface area contributed by atoms with E-state index in [9.17, 15) is 0 Å². The van der Waals surface area contributed by atoms with Crippen molar-refractivity contribution in [2.24, 2.45) is 10.9 Å². The molecule has 7 aromatic carbocycles. The Hall–Kier alpha value is -7.70. The summed E-state index contributed by atoms with van der Waals surface area (Å²) in [6.45, 7) is 2.31. The van der Waals surface area contributed by atoms with Crippen LogP contribution in [-0.4, -0.2) is 29.1 Å². The zero-order valence-electron chi connectivity index (χ0n) is 32.3. The predicted molar refractivity (Wildman–Crippen MR) is 246 cm³/mol. The molecule has 5 aromatic heterocycles. The molecule has 0 N–H and O–H groups in total. The Labute approximate surface area is 338 Å². The van der Waals surface area contributed by atoms with Gasteiger partial charge in [-0.2, -0.15) is 0 Å². The largest absolute Gasteiger partial charge is 0.297 e. The van der Waals surface area contributed by atoms with Gasteiger partial charge < -0.3 is 0 Å². The van der Waals surface area contributed by atoms with E-state index < -0.39 is 0 Å². The van der Waals surface area contributed by atoms with E-state index >= 15 is 0 Å². The third kappa shape index (κ3) is 4.51. The second-order valence-corrected chi connectivity index (χ2v) is 15.9. The van der Waals surface area contributed by atoms with Gasteiger partial charge in [-0.05, 0) is 60.5 Å². The molecule has 0 saturated heterocycles. The Morgan fingerprint density at radius 1 is 0.373 bits per heavy atom. The Bertz CT molecular complexity index is 3680. The van der Waals surface area contributed by atoms with Gasteiger partial charge in [0.15, 0.2) is 0 Å². The molecule has 0 fully saturated rings. The maximum atomic E-state index is 5.66. The third-order valence-corrected chi connectivity index (χ3v) is 12.5. The van der Waals surface area contributed by atoms with E-state index in [2.05, 4.69) is 207 Å². The highest BCUT2D eigenvalue weighted by molar-refractivity contribution is 6.24. The van der Waals surface area contributed by atoms with Crippen molar-refractivity contribution >= 4 is 98.9 Å². The normalized spacial score (nSPS) is 14.8. The van der Waals surface area contributed by atoms with Gasteiger partial charge in [-0.25, -0.2) is 9.98 Å². The van der Waals surface area contributed by atoms with Crippen molar-refractivity contribution < 1.29 is 0 Å². The van der Waals surface area contributed by atoms with Gasteiger partial charge >= 0.3 is 0 Å². The Morgan fingerprint density at radius 3 is 1.24 bits per heavy atom. The summed E-state index contributed by atoms with van der Waals surface area (Å²) in [5.74, 6) is 3.97. The van der Waals surface area contributed by atoms with Crippen LogP contribution >= 0.6 is 0 Å². The van der Waals surface area contributed by atoms with Crippen LogP contribution in [-0.2, 0) is 0 Å². The Kier molecular flexibility index (Phi) is 6.67. The number of para-hydroxylation sites is 6. The standard InChI is InChI=1S/C53H36N6/c1-33-31-50(57-44-23-10-4-17-36(44)37-18-5-11-24-45(37)57)55-51(32-33)59-47-26-13-7-20-39(47)41-30-29-40-38-19-6-12-25-46(38)58(52(40)53(41)59)49-28-14-27-48(54-49)56-42-21-8-2-15-34(42)35-16-3-9-22-43(35)56/h2-30,32-33H,31H2,1H3. The monoisotopic (exact) mass is 756 g/mol. The van der Waals surface area contributed by atoms with Gasteiger partial charge in [-0.1, -0.05) is 134 Å². The first kappa shape index (κ1) is 32.4. The maximum Gasteiger partial charge on any atom is 0.140 e. The molecule has 13 rings (SSSR count). The molecule has 59 heavy (non-hydrogen) atoms. The highest BCUT2D eigenvalue weighted by atomic mass is 15.2. The molecule has 1 aliphatic rings. The van der Waals surface area contributed by atoms with Crippen molar-refractivity contribution in [1.82, 2.24) is 23.3 Å². The minimum Gasteiger partial charge on any atom is -0.297 e. The number of benzene rings is 7. The van der Waals surface area contributed by atoms with Crippen molar-refractivity contribution in [1.29, 1.82) is 0 Å². The van der Waals surface area contributed by atoms with E-state index in [1.54, 1.807) is 0 Å². The molecule has 1 unspecified atom stereocenters. The van der Waals surface area contributed by atoms with Gasteiger partial charge in [0, 0.05) is 49.5 Å². The number of aromatic nitrogens is 5. The summed E-state index contributed by atoms with van der Waals surface area (Å²) in [5, 5.41) is 9.66. The number of hydrogen-bond donors (Lipinski definition) is 0. The lowest BCUT2D eigenvalue weighted by atomic mass is 10.0. The van der Waals surface area contributed by atoms with E-state index in [0.717, 1.165) is 62.8 Å². The highest BCUT2D eigenvalue weighted by Crippen LogP contribution is 2.43. The molecule has 0 spiro atoms. The number of aliphatic imine (C=N–C) groups is 1. The van der Waals surface area contributed by atoms with Crippen LogP contribution in [0.5, 0.6) is 0 Å². The van der Waals surface area contributed by atoms with E-state index in [4.69, 9.17) is 9.98 Å². The lowest BCUT2D eigenvalue weighted by Crippen LogP contribution is -2.19. The van der Waals surface area contributed by atoms with Crippen LogP contribution in [0.3, 0.4) is 0 Å². The summed E-state index contributed by atoms with van der Waals surface area (Å²) in [4.78, 5) is 11.2. The highest BCUT2D eigenvalue weighted by Gasteiger charge is 2.26. The number of hydrogen-bond acceptors (Lipinski definition) is 2. The van der Waals surface area contributed by atoms with Gasteiger partial charge in [0.1, 0.15) is 23.3 Å². The van der Waals surface area contributed by atoms with Gasteiger partial charge in [0.05, 0.1) is 44.1 Å². The molecular weight excluding hydrogens is 721 g/mol. The van der Waals surface area contributed by atoms with Crippen LogP contribution < -0.4 is 0 Å². The molecule has 0 radical (unpaired) electrons. The zero-order valence-corrected chi connectivity index (χ0v) is 32.3. The average Bonchev–Trinajstić information content (AvgIpc) is 4.01. The Balaban J connectivity index is 1.12. The topological polar surface area (TPSA) is 45.0 Å². The van der Waals surface area contributed by atoms with Gasteiger partial charge in [-0.15, -0.1) is 0 Å². The second-order valence-electron chi connectivity index (χ2n) is 15.9. The van der Waals surface area contributed by atoms with Crippen LogP contribution in [0.15, 0.2) is 187 Å². The molecule has 6 nitrogen and oxygen atoms in total. The fourth-order valence-corrected chi connectivity index (χ4v) is 10.1. The summed E-state index contributed by atoms with van der Waals surface area (Å²) in [5.41, 5.74) is 9.11. The fraction of sp³-hybridized carbons (Fsp3) is 0.0566. The van der Waals surface area contributed by atoms with Crippen molar-refractivity contribution in [2.75, 3.05) is 0 Å². The molecule has 6 heteroatoms. The van der Waals surface area contributed by atoms with Gasteiger partial charge in [0.25, 0.3) is 0 Å². The van der Waals surface area contributed by atoms with Crippen LogP contribution in [0.1, 0.15) is 13.3 Å². The van der Waals surface area contributed by atoms with Crippen LogP contribution in [0.4, 0.5) is 0 Å². The second kappa shape index (κ2) is 12.2.